The first-order valence-electron chi connectivity index (χ1n) is 7.19. The van der Waals surface area contributed by atoms with Gasteiger partial charge in [0.15, 0.2) is 0 Å². The molecule has 2 rings (SSSR count). The number of nitrogens with zero attached hydrogens (tertiary/aromatic N) is 1. The molecule has 0 aromatic heterocycles. The molecular formula is C15H22FN3O2. The molecule has 0 saturated carbocycles. The van der Waals surface area contributed by atoms with Crippen LogP contribution in [0.4, 0.5) is 4.39 Å². The molecule has 1 aliphatic heterocycles. The van der Waals surface area contributed by atoms with Crippen LogP contribution in [0.5, 0.6) is 0 Å². The standard InChI is InChI=1S/C15H22FN3O2/c1-11(10-17)18-15(20)14(19-5-7-21-8-6-19)12-3-2-4-13(16)9-12/h2-4,9,11,14H,5-8,10,17H2,1H3,(H,18,20)/t11-,14?/m0/s1. The highest BCUT2D eigenvalue weighted by molar-refractivity contribution is 5.83. The maximum Gasteiger partial charge on any atom is 0.242 e. The molecule has 1 aromatic rings. The molecule has 21 heavy (non-hydrogen) atoms. The third-order valence-corrected chi connectivity index (χ3v) is 3.57. The van der Waals surface area contributed by atoms with Crippen molar-refractivity contribution in [2.75, 3.05) is 32.8 Å². The normalized spacial score (nSPS) is 19.0. The number of amides is 1. The van der Waals surface area contributed by atoms with Crippen molar-refractivity contribution in [3.05, 3.63) is 35.6 Å². The van der Waals surface area contributed by atoms with Gasteiger partial charge in [-0.05, 0) is 24.6 Å². The third kappa shape index (κ3) is 4.23. The van der Waals surface area contributed by atoms with Gasteiger partial charge in [-0.1, -0.05) is 12.1 Å². The van der Waals surface area contributed by atoms with E-state index in [1.807, 2.05) is 11.8 Å². The van der Waals surface area contributed by atoms with Gasteiger partial charge in [-0.15, -0.1) is 0 Å². The smallest absolute Gasteiger partial charge is 0.242 e. The molecule has 1 aromatic carbocycles. The molecule has 0 spiro atoms. The second kappa shape index (κ2) is 7.49. The number of carbonyl (C=O) groups is 1. The lowest BCUT2D eigenvalue weighted by Gasteiger charge is -2.34. The molecule has 1 saturated heterocycles. The van der Waals surface area contributed by atoms with Gasteiger partial charge in [-0.25, -0.2) is 4.39 Å². The van der Waals surface area contributed by atoms with Crippen molar-refractivity contribution in [1.29, 1.82) is 0 Å². The Hall–Kier alpha value is -1.50. The molecule has 1 aliphatic rings. The Morgan fingerprint density at radius 3 is 2.81 bits per heavy atom. The number of nitrogens with two attached hydrogens (primary N) is 1. The fourth-order valence-electron chi connectivity index (χ4n) is 2.42. The minimum atomic E-state index is -0.515. The van der Waals surface area contributed by atoms with Crippen LogP contribution < -0.4 is 11.1 Å². The molecule has 0 radical (unpaired) electrons. The molecule has 0 bridgehead atoms. The minimum absolute atomic E-state index is 0.116. The number of nitrogens with one attached hydrogen (secondary N) is 1. The minimum Gasteiger partial charge on any atom is -0.379 e. The van der Waals surface area contributed by atoms with Gasteiger partial charge in [0.25, 0.3) is 0 Å². The summed E-state index contributed by atoms with van der Waals surface area (Å²) >= 11 is 0. The van der Waals surface area contributed by atoms with E-state index in [0.29, 0.717) is 38.4 Å². The Kier molecular flexibility index (Phi) is 5.67. The van der Waals surface area contributed by atoms with Crippen LogP contribution in [0, 0.1) is 5.82 Å². The summed E-state index contributed by atoms with van der Waals surface area (Å²) in [5.41, 5.74) is 6.20. The Balaban J connectivity index is 2.22. The molecule has 3 N–H and O–H groups in total. The highest BCUT2D eigenvalue weighted by Gasteiger charge is 2.29. The van der Waals surface area contributed by atoms with Crippen LogP contribution in [0.2, 0.25) is 0 Å². The second-order valence-electron chi connectivity index (χ2n) is 5.25. The number of hydrogen-bond donors (Lipinski definition) is 2. The molecular weight excluding hydrogens is 273 g/mol. The van der Waals surface area contributed by atoms with Gasteiger partial charge in [0.1, 0.15) is 11.9 Å². The SMILES string of the molecule is C[C@@H](CN)NC(=O)C(c1cccc(F)c1)N1CCOCC1. The van der Waals surface area contributed by atoms with E-state index in [9.17, 15) is 9.18 Å². The lowest BCUT2D eigenvalue weighted by Crippen LogP contribution is -2.48. The van der Waals surface area contributed by atoms with Crippen molar-refractivity contribution < 1.29 is 13.9 Å². The van der Waals surface area contributed by atoms with E-state index in [4.69, 9.17) is 10.5 Å². The lowest BCUT2D eigenvalue weighted by molar-refractivity contribution is -0.129. The van der Waals surface area contributed by atoms with E-state index in [-0.39, 0.29) is 17.8 Å². The first-order valence-corrected chi connectivity index (χ1v) is 7.19. The number of carbonyl (C=O) groups excluding carboxylic acids is 1. The van der Waals surface area contributed by atoms with Crippen molar-refractivity contribution in [3.8, 4) is 0 Å². The number of rotatable bonds is 5. The van der Waals surface area contributed by atoms with Crippen molar-refractivity contribution in [2.24, 2.45) is 5.73 Å². The number of morpholine rings is 1. The first-order chi connectivity index (χ1) is 10.1. The molecule has 1 fully saturated rings. The lowest BCUT2D eigenvalue weighted by atomic mass is 10.0. The van der Waals surface area contributed by atoms with Crippen molar-refractivity contribution in [3.63, 3.8) is 0 Å². The van der Waals surface area contributed by atoms with Gasteiger partial charge in [-0.3, -0.25) is 9.69 Å². The maximum absolute atomic E-state index is 13.5. The summed E-state index contributed by atoms with van der Waals surface area (Å²) in [4.78, 5) is 14.6. The molecule has 1 amide bonds. The predicted molar refractivity (Wildman–Crippen MR) is 78.2 cm³/mol. The fraction of sp³-hybridized carbons (Fsp3) is 0.533. The summed E-state index contributed by atoms with van der Waals surface area (Å²) in [5.74, 6) is -0.495. The molecule has 2 atom stereocenters. The Labute approximate surface area is 124 Å². The fourth-order valence-corrected chi connectivity index (χ4v) is 2.42. The highest BCUT2D eigenvalue weighted by atomic mass is 19.1. The zero-order valence-corrected chi connectivity index (χ0v) is 12.2. The summed E-state index contributed by atoms with van der Waals surface area (Å²) in [5, 5.41) is 2.88. The Bertz CT molecular complexity index is 478. The molecule has 1 heterocycles. The summed E-state index contributed by atoms with van der Waals surface area (Å²) in [6.45, 7) is 4.65. The summed E-state index contributed by atoms with van der Waals surface area (Å²) in [6.07, 6.45) is 0. The number of ether oxygens (including phenoxy) is 1. The van der Waals surface area contributed by atoms with Crippen molar-refractivity contribution in [2.45, 2.75) is 19.0 Å². The molecule has 6 heteroatoms. The van der Waals surface area contributed by atoms with E-state index in [1.54, 1.807) is 12.1 Å². The van der Waals surface area contributed by atoms with Crippen molar-refractivity contribution >= 4 is 5.91 Å². The zero-order valence-electron chi connectivity index (χ0n) is 12.2. The molecule has 1 unspecified atom stereocenters. The van der Waals surface area contributed by atoms with Gasteiger partial charge < -0.3 is 15.8 Å². The quantitative estimate of drug-likeness (QED) is 0.837. The van der Waals surface area contributed by atoms with Crippen LogP contribution >= 0.6 is 0 Å². The van der Waals surface area contributed by atoms with Crippen LogP contribution in [0.3, 0.4) is 0 Å². The van der Waals surface area contributed by atoms with Crippen LogP contribution in [0.1, 0.15) is 18.5 Å². The molecule has 0 aliphatic carbocycles. The Morgan fingerprint density at radius 2 is 2.19 bits per heavy atom. The predicted octanol–water partition coefficient (Wildman–Crippen LogP) is 0.662. The van der Waals surface area contributed by atoms with Gasteiger partial charge in [0.2, 0.25) is 5.91 Å². The number of benzene rings is 1. The average Bonchev–Trinajstić information content (AvgIpc) is 2.48. The molecule has 116 valence electrons. The number of halogens is 1. The summed E-state index contributed by atoms with van der Waals surface area (Å²) < 4.78 is 18.8. The largest absolute Gasteiger partial charge is 0.379 e. The van der Waals surface area contributed by atoms with Crippen molar-refractivity contribution in [1.82, 2.24) is 10.2 Å². The van der Waals surface area contributed by atoms with E-state index >= 15 is 0 Å². The first kappa shape index (κ1) is 15.9. The van der Waals surface area contributed by atoms with Gasteiger partial charge >= 0.3 is 0 Å². The average molecular weight is 295 g/mol. The highest BCUT2D eigenvalue weighted by Crippen LogP contribution is 2.23. The van der Waals surface area contributed by atoms with Gasteiger partial charge in [-0.2, -0.15) is 0 Å². The topological polar surface area (TPSA) is 67.6 Å². The van der Waals surface area contributed by atoms with Crippen LogP contribution in [-0.4, -0.2) is 49.7 Å². The van der Waals surface area contributed by atoms with Crippen LogP contribution in [0.15, 0.2) is 24.3 Å². The van der Waals surface area contributed by atoms with E-state index in [2.05, 4.69) is 5.32 Å². The maximum atomic E-state index is 13.5. The summed E-state index contributed by atoms with van der Waals surface area (Å²) in [7, 11) is 0. The van der Waals surface area contributed by atoms with E-state index in [1.165, 1.54) is 12.1 Å². The van der Waals surface area contributed by atoms with Gasteiger partial charge in [0, 0.05) is 25.7 Å². The monoisotopic (exact) mass is 295 g/mol. The zero-order chi connectivity index (χ0) is 15.2. The number of hydrogen-bond acceptors (Lipinski definition) is 4. The van der Waals surface area contributed by atoms with Gasteiger partial charge in [0.05, 0.1) is 13.2 Å². The van der Waals surface area contributed by atoms with Crippen LogP contribution in [0.25, 0.3) is 0 Å². The van der Waals surface area contributed by atoms with E-state index < -0.39 is 6.04 Å². The Morgan fingerprint density at radius 1 is 1.48 bits per heavy atom. The van der Waals surface area contributed by atoms with Crippen LogP contribution in [-0.2, 0) is 9.53 Å². The summed E-state index contributed by atoms with van der Waals surface area (Å²) in [6, 6.07) is 5.55. The second-order valence-corrected chi connectivity index (χ2v) is 5.25. The molecule has 5 nitrogen and oxygen atoms in total. The third-order valence-electron chi connectivity index (χ3n) is 3.57. The van der Waals surface area contributed by atoms with E-state index in [0.717, 1.165) is 0 Å².